The number of amides is 2. The average Bonchev–Trinajstić information content (AvgIpc) is 2.74. The fourth-order valence-electron chi connectivity index (χ4n) is 2.93. The van der Waals surface area contributed by atoms with Gasteiger partial charge in [-0.2, -0.15) is 5.10 Å². The molecule has 0 saturated carbocycles. The van der Waals surface area contributed by atoms with Crippen LogP contribution in [0.4, 0.5) is 0 Å². The average molecular weight is 442 g/mol. The Morgan fingerprint density at radius 3 is 2.56 bits per heavy atom. The normalized spacial score (nSPS) is 11.9. The first-order valence-corrected chi connectivity index (χ1v) is 10.6. The second kappa shape index (κ2) is 12.3. The molecule has 3 N–H and O–H groups in total. The van der Waals surface area contributed by atoms with Gasteiger partial charge in [0.25, 0.3) is 11.8 Å². The fraction of sp³-hybridized carbons (Fsp3) is 0.375. The summed E-state index contributed by atoms with van der Waals surface area (Å²) in [5, 5.41) is 16.4. The number of hydrogen-bond donors (Lipinski definition) is 3. The highest BCUT2D eigenvalue weighted by molar-refractivity contribution is 5.89. The van der Waals surface area contributed by atoms with E-state index < -0.39 is 17.9 Å². The Bertz CT molecular complexity index is 943. The van der Waals surface area contributed by atoms with E-state index in [1.807, 2.05) is 45.9 Å². The molecule has 0 unspecified atom stereocenters. The molecule has 0 fully saturated rings. The van der Waals surface area contributed by atoms with Crippen molar-refractivity contribution in [2.75, 3.05) is 13.2 Å². The van der Waals surface area contributed by atoms with Gasteiger partial charge in [0.15, 0.2) is 18.1 Å². The molecule has 8 heteroatoms. The van der Waals surface area contributed by atoms with Crippen LogP contribution in [-0.2, 0) is 9.59 Å². The van der Waals surface area contributed by atoms with Gasteiger partial charge in [0.1, 0.15) is 11.8 Å². The maximum absolute atomic E-state index is 12.6. The van der Waals surface area contributed by atoms with Crippen molar-refractivity contribution in [2.24, 2.45) is 11.0 Å². The van der Waals surface area contributed by atoms with Crippen LogP contribution in [-0.4, -0.2) is 42.4 Å². The molecule has 0 aliphatic carbocycles. The van der Waals surface area contributed by atoms with E-state index in [1.165, 1.54) is 12.3 Å². The topological polar surface area (TPSA) is 109 Å². The molecule has 32 heavy (non-hydrogen) atoms. The second-order valence-electron chi connectivity index (χ2n) is 7.70. The zero-order chi connectivity index (χ0) is 23.5. The van der Waals surface area contributed by atoms with Gasteiger partial charge in [-0.3, -0.25) is 9.59 Å². The lowest BCUT2D eigenvalue weighted by atomic mass is 10.0. The van der Waals surface area contributed by atoms with Gasteiger partial charge in [-0.25, -0.2) is 5.43 Å². The van der Waals surface area contributed by atoms with Crippen LogP contribution in [0.15, 0.2) is 47.6 Å². The summed E-state index contributed by atoms with van der Waals surface area (Å²) in [6.45, 7) is 7.86. The number of rotatable bonds is 11. The van der Waals surface area contributed by atoms with E-state index in [0.29, 0.717) is 30.1 Å². The van der Waals surface area contributed by atoms with Crippen LogP contribution < -0.4 is 20.2 Å². The molecule has 1 atom stereocenters. The summed E-state index contributed by atoms with van der Waals surface area (Å²) in [5.74, 6) is 0.346. The highest BCUT2D eigenvalue weighted by Crippen LogP contribution is 2.26. The minimum atomic E-state index is -0.751. The van der Waals surface area contributed by atoms with Gasteiger partial charge in [0, 0.05) is 0 Å². The van der Waals surface area contributed by atoms with Crippen molar-refractivity contribution in [3.63, 3.8) is 0 Å². The van der Waals surface area contributed by atoms with Gasteiger partial charge >= 0.3 is 0 Å². The Morgan fingerprint density at radius 2 is 1.88 bits per heavy atom. The Hall–Kier alpha value is -3.55. The van der Waals surface area contributed by atoms with Gasteiger partial charge in [0.2, 0.25) is 0 Å². The number of benzene rings is 2. The molecule has 0 heterocycles. The number of phenolic OH excluding ortho intramolecular Hbond substituents is 1. The highest BCUT2D eigenvalue weighted by Gasteiger charge is 2.22. The number of carbonyl (C=O) groups excluding carboxylic acids is 2. The zero-order valence-electron chi connectivity index (χ0n) is 18.9. The van der Waals surface area contributed by atoms with E-state index in [9.17, 15) is 14.7 Å². The maximum Gasteiger partial charge on any atom is 0.262 e. The van der Waals surface area contributed by atoms with Crippen LogP contribution in [0.3, 0.4) is 0 Å². The van der Waals surface area contributed by atoms with Crippen molar-refractivity contribution in [1.29, 1.82) is 0 Å². The molecule has 0 spiro atoms. The summed E-state index contributed by atoms with van der Waals surface area (Å²) in [5.41, 5.74) is 4.03. The molecule has 8 nitrogen and oxygen atoms in total. The van der Waals surface area contributed by atoms with E-state index in [1.54, 1.807) is 18.2 Å². The van der Waals surface area contributed by atoms with Gasteiger partial charge in [-0.1, -0.05) is 32.0 Å². The van der Waals surface area contributed by atoms with Crippen LogP contribution in [0.1, 0.15) is 38.3 Å². The van der Waals surface area contributed by atoms with Crippen LogP contribution in [0.25, 0.3) is 0 Å². The molecule has 0 aliphatic heterocycles. The fourth-order valence-corrected chi connectivity index (χ4v) is 2.93. The van der Waals surface area contributed by atoms with E-state index in [0.717, 1.165) is 5.56 Å². The molecular formula is C24H31N3O5. The number of ether oxygens (including phenoxy) is 2. The Morgan fingerprint density at radius 1 is 1.12 bits per heavy atom. The van der Waals surface area contributed by atoms with Crippen LogP contribution in [0, 0.1) is 12.8 Å². The van der Waals surface area contributed by atoms with Gasteiger partial charge in [-0.15, -0.1) is 0 Å². The lowest BCUT2D eigenvalue weighted by Gasteiger charge is -2.19. The number of phenols is 1. The third kappa shape index (κ3) is 7.94. The van der Waals surface area contributed by atoms with E-state index in [4.69, 9.17) is 9.47 Å². The first-order chi connectivity index (χ1) is 15.3. The molecule has 0 aliphatic rings. The summed E-state index contributed by atoms with van der Waals surface area (Å²) in [4.78, 5) is 25.0. The second-order valence-corrected chi connectivity index (χ2v) is 7.70. The number of aryl methyl sites for hydroxylation is 1. The third-order valence-corrected chi connectivity index (χ3v) is 4.48. The van der Waals surface area contributed by atoms with Crippen molar-refractivity contribution in [2.45, 2.75) is 40.2 Å². The number of nitrogens with one attached hydrogen (secondary N) is 2. The Balaban J connectivity index is 1.95. The number of aromatic hydroxyl groups is 1. The molecule has 172 valence electrons. The number of carbonyl (C=O) groups is 2. The predicted octanol–water partition coefficient (Wildman–Crippen LogP) is 3.16. The van der Waals surface area contributed by atoms with E-state index in [2.05, 4.69) is 15.8 Å². The zero-order valence-corrected chi connectivity index (χ0v) is 18.9. The van der Waals surface area contributed by atoms with Crippen molar-refractivity contribution in [3.05, 3.63) is 53.6 Å². The smallest absolute Gasteiger partial charge is 0.262 e. The first kappa shape index (κ1) is 24.7. The molecule has 2 aromatic rings. The number of para-hydroxylation sites is 1. The summed E-state index contributed by atoms with van der Waals surface area (Å²) >= 11 is 0. The Labute approximate surface area is 188 Å². The minimum absolute atomic E-state index is 0.0284. The first-order valence-electron chi connectivity index (χ1n) is 10.6. The lowest BCUT2D eigenvalue weighted by Crippen LogP contribution is -2.47. The number of hydrogen-bond acceptors (Lipinski definition) is 6. The summed E-state index contributed by atoms with van der Waals surface area (Å²) < 4.78 is 10.9. The minimum Gasteiger partial charge on any atom is -0.504 e. The molecule has 0 saturated heterocycles. The van der Waals surface area contributed by atoms with Crippen molar-refractivity contribution in [3.8, 4) is 17.2 Å². The summed E-state index contributed by atoms with van der Waals surface area (Å²) in [6.07, 6.45) is 1.89. The summed E-state index contributed by atoms with van der Waals surface area (Å²) in [7, 11) is 0. The predicted molar refractivity (Wildman–Crippen MR) is 123 cm³/mol. The van der Waals surface area contributed by atoms with Crippen molar-refractivity contribution < 1.29 is 24.2 Å². The van der Waals surface area contributed by atoms with Crippen LogP contribution in [0.2, 0.25) is 0 Å². The molecule has 2 rings (SSSR count). The lowest BCUT2D eigenvalue weighted by molar-refractivity contribution is -0.130. The highest BCUT2D eigenvalue weighted by atomic mass is 16.5. The van der Waals surface area contributed by atoms with E-state index >= 15 is 0 Å². The number of nitrogens with zero attached hydrogens (tertiary/aromatic N) is 1. The van der Waals surface area contributed by atoms with Crippen molar-refractivity contribution >= 4 is 18.0 Å². The number of hydrazone groups is 1. The standard InChI is InChI=1S/C24H31N3O5/c1-5-31-22-13-18(10-11-20(22)28)14-25-27-24(30)19(12-16(2)3)26-23(29)15-32-21-9-7-6-8-17(21)4/h6-11,13-14,16,19,28H,5,12,15H2,1-4H3,(H,26,29)(H,27,30)/b25-14-/t19-/m1/s1. The molecule has 0 aromatic heterocycles. The Kier molecular flexibility index (Phi) is 9.53. The molecule has 2 amide bonds. The molecule has 2 aromatic carbocycles. The largest absolute Gasteiger partial charge is 0.504 e. The van der Waals surface area contributed by atoms with Crippen LogP contribution >= 0.6 is 0 Å². The van der Waals surface area contributed by atoms with Crippen molar-refractivity contribution in [1.82, 2.24) is 10.7 Å². The van der Waals surface area contributed by atoms with Gasteiger partial charge in [0.05, 0.1) is 12.8 Å². The van der Waals surface area contributed by atoms with Gasteiger partial charge < -0.3 is 19.9 Å². The molecule has 0 radical (unpaired) electrons. The third-order valence-electron chi connectivity index (χ3n) is 4.48. The maximum atomic E-state index is 12.6. The quantitative estimate of drug-likeness (QED) is 0.367. The molecule has 0 bridgehead atoms. The van der Waals surface area contributed by atoms with Gasteiger partial charge in [-0.05, 0) is 61.6 Å². The SMILES string of the molecule is CCOc1cc(/C=N\NC(=O)[C@@H](CC(C)C)NC(=O)COc2ccccc2C)ccc1O. The molecular weight excluding hydrogens is 410 g/mol. The van der Waals surface area contributed by atoms with Crippen LogP contribution in [0.5, 0.6) is 17.2 Å². The van der Waals surface area contributed by atoms with E-state index in [-0.39, 0.29) is 18.3 Å². The monoisotopic (exact) mass is 441 g/mol. The summed E-state index contributed by atoms with van der Waals surface area (Å²) in [6, 6.07) is 11.4.